The molecule has 8 aromatic carbocycles. The zero-order valence-electron chi connectivity index (χ0n) is 45.7. The monoisotopic (exact) mass is 1100 g/mol. The van der Waals surface area contributed by atoms with E-state index >= 15 is 0 Å². The molecule has 0 aromatic heterocycles. The van der Waals surface area contributed by atoms with Gasteiger partial charge < -0.3 is 66.3 Å². The van der Waals surface area contributed by atoms with E-state index in [9.17, 15) is 0 Å². The zero-order chi connectivity index (χ0) is 55.9. The van der Waals surface area contributed by atoms with E-state index in [1.807, 2.05) is 146 Å². The minimum atomic E-state index is 0.164. The van der Waals surface area contributed by atoms with Gasteiger partial charge in [-0.25, -0.2) is 0 Å². The van der Waals surface area contributed by atoms with Crippen molar-refractivity contribution in [2.75, 3.05) is 132 Å². The standard InChI is InChI=1S/C68H64O14/c1-2-6-34-76-62-26-10-22-58-54(62)18-14-30-66(58)80-50-46-72-42-38-70-40-44-74-48-52-82-68-32-16-20-56-60(68)24-12-28-64(56)78-36-8-4-3-7-35-77-63-27-11-23-59-55(63)19-15-31-67(59)81-51-47-73-43-39-69-37-41-71-45-49-79-65-29-13-17-53-57(65)21-9-25-61(53)75-33-5-1/h9-32H,33-52H2. The maximum Gasteiger partial charge on any atom is 0.150 e. The molecular formula is C68H64O14. The first-order chi connectivity index (χ1) is 40.8. The molecule has 420 valence electrons. The second-order valence-electron chi connectivity index (χ2n) is 17.9. The van der Waals surface area contributed by atoms with E-state index in [-0.39, 0.29) is 26.4 Å². The van der Waals surface area contributed by atoms with E-state index in [2.05, 4.69) is 47.4 Å². The Morgan fingerprint density at radius 3 is 0.524 bits per heavy atom. The van der Waals surface area contributed by atoms with E-state index in [1.54, 1.807) is 0 Å². The Morgan fingerprint density at radius 1 is 0.183 bits per heavy atom. The van der Waals surface area contributed by atoms with Crippen molar-refractivity contribution < 1.29 is 66.3 Å². The molecule has 0 unspecified atom stereocenters. The number of rotatable bonds is 0. The molecule has 0 aliphatic carbocycles. The van der Waals surface area contributed by atoms with Gasteiger partial charge in [-0.15, -0.1) is 0 Å². The van der Waals surface area contributed by atoms with Crippen molar-refractivity contribution in [1.82, 2.24) is 0 Å². The second-order valence-corrected chi connectivity index (χ2v) is 17.9. The van der Waals surface area contributed by atoms with Crippen LogP contribution in [0.3, 0.4) is 0 Å². The smallest absolute Gasteiger partial charge is 0.150 e. The summed E-state index contributed by atoms with van der Waals surface area (Å²) in [4.78, 5) is 0. The van der Waals surface area contributed by atoms with Crippen molar-refractivity contribution >= 4 is 43.1 Å². The van der Waals surface area contributed by atoms with E-state index in [0.29, 0.717) is 129 Å². The first-order valence-electron chi connectivity index (χ1n) is 27.3. The predicted molar refractivity (Wildman–Crippen MR) is 316 cm³/mol. The Kier molecular flexibility index (Phi) is 23.3. The summed E-state index contributed by atoms with van der Waals surface area (Å²) in [5, 5.41) is 7.37. The summed E-state index contributed by atoms with van der Waals surface area (Å²) in [6.07, 6.45) is 0. The van der Waals surface area contributed by atoms with Gasteiger partial charge >= 0.3 is 0 Å². The maximum absolute atomic E-state index is 6.11. The Hall–Kier alpha value is -8.80. The molecule has 1 aliphatic rings. The van der Waals surface area contributed by atoms with Crippen molar-refractivity contribution in [2.24, 2.45) is 0 Å². The average molecular weight is 1110 g/mol. The number of hydrogen-bond donors (Lipinski definition) is 0. The molecule has 14 heteroatoms. The molecule has 14 nitrogen and oxygen atoms in total. The minimum absolute atomic E-state index is 0.164. The molecule has 0 saturated heterocycles. The van der Waals surface area contributed by atoms with Crippen LogP contribution < -0.4 is 37.9 Å². The highest BCUT2D eigenvalue weighted by molar-refractivity contribution is 5.95. The van der Waals surface area contributed by atoms with Crippen LogP contribution in [0.15, 0.2) is 146 Å². The third-order valence-corrected chi connectivity index (χ3v) is 12.5. The van der Waals surface area contributed by atoms with Gasteiger partial charge in [0.2, 0.25) is 0 Å². The zero-order valence-corrected chi connectivity index (χ0v) is 45.7. The van der Waals surface area contributed by atoms with Crippen LogP contribution in [0.25, 0.3) is 43.1 Å². The van der Waals surface area contributed by atoms with Gasteiger partial charge in [-0.2, -0.15) is 0 Å². The van der Waals surface area contributed by atoms with Gasteiger partial charge in [-0.1, -0.05) is 97.1 Å². The third kappa shape index (κ3) is 17.6. The Morgan fingerprint density at radius 2 is 0.341 bits per heavy atom. The van der Waals surface area contributed by atoms with Crippen molar-refractivity contribution in [3.8, 4) is 93.4 Å². The van der Waals surface area contributed by atoms with Crippen LogP contribution in [0.4, 0.5) is 0 Å². The van der Waals surface area contributed by atoms with Gasteiger partial charge in [0, 0.05) is 43.1 Å². The topological polar surface area (TPSA) is 129 Å². The van der Waals surface area contributed by atoms with Gasteiger partial charge in [0.05, 0.1) is 79.3 Å². The molecule has 8 aromatic rings. The molecule has 0 amide bonds. The van der Waals surface area contributed by atoms with E-state index in [1.165, 1.54) is 0 Å². The Bertz CT molecular complexity index is 3120. The summed E-state index contributed by atoms with van der Waals surface area (Å²) >= 11 is 0. The lowest BCUT2D eigenvalue weighted by Gasteiger charge is -2.13. The average Bonchev–Trinajstić information content (AvgIpc) is 3.63. The quantitative estimate of drug-likeness (QED) is 0.134. The van der Waals surface area contributed by atoms with Gasteiger partial charge in [0.25, 0.3) is 0 Å². The lowest BCUT2D eigenvalue weighted by Crippen LogP contribution is -2.14. The van der Waals surface area contributed by atoms with Crippen LogP contribution in [0.2, 0.25) is 0 Å². The normalized spacial score (nSPS) is 15.8. The van der Waals surface area contributed by atoms with Crippen LogP contribution in [0, 0.1) is 47.4 Å². The summed E-state index contributed by atoms with van der Waals surface area (Å²) in [6.45, 7) is 7.22. The van der Waals surface area contributed by atoms with Gasteiger partial charge in [-0.05, 0) is 95.9 Å². The molecule has 16 bridgehead atoms. The van der Waals surface area contributed by atoms with Crippen LogP contribution in [-0.2, 0) is 28.4 Å². The second kappa shape index (κ2) is 33.1. The predicted octanol–water partition coefficient (Wildman–Crippen LogP) is 10.6. The maximum atomic E-state index is 6.11. The van der Waals surface area contributed by atoms with Crippen LogP contribution in [0.5, 0.6) is 46.0 Å². The largest absolute Gasteiger partial charge is 0.491 e. The van der Waals surface area contributed by atoms with E-state index in [4.69, 9.17) is 66.3 Å². The van der Waals surface area contributed by atoms with Crippen LogP contribution in [0.1, 0.15) is 0 Å². The lowest BCUT2D eigenvalue weighted by atomic mass is 10.1. The highest BCUT2D eigenvalue weighted by Gasteiger charge is 2.11. The molecule has 0 spiro atoms. The van der Waals surface area contributed by atoms with Gasteiger partial charge in [0.1, 0.15) is 98.9 Å². The van der Waals surface area contributed by atoms with E-state index in [0.717, 1.165) is 66.1 Å². The molecule has 9 rings (SSSR count). The SMILES string of the molecule is C1#CCOc2cccc3c(cccc23)OCCOCCOCCOCCOc2cccc3c(cccc23)OCC#CC#CCOc2cccc3c(cccc23)OCCOCCOCCOCCOc2cccc3c(cccc23)OCC#C1. The number of ether oxygens (including phenoxy) is 14. The number of benzene rings is 8. The van der Waals surface area contributed by atoms with Crippen molar-refractivity contribution in [2.45, 2.75) is 0 Å². The Balaban J connectivity index is 0.749. The van der Waals surface area contributed by atoms with E-state index < -0.39 is 0 Å². The third-order valence-electron chi connectivity index (χ3n) is 12.5. The fourth-order valence-corrected chi connectivity index (χ4v) is 8.72. The fraction of sp³-hybridized carbons (Fsp3) is 0.294. The summed E-state index contributed by atoms with van der Waals surface area (Å²) < 4.78 is 83.1. The lowest BCUT2D eigenvalue weighted by molar-refractivity contribution is 0.00512. The highest BCUT2D eigenvalue weighted by Crippen LogP contribution is 2.36. The fourth-order valence-electron chi connectivity index (χ4n) is 8.72. The number of hydrogen-bond acceptors (Lipinski definition) is 14. The molecule has 1 heterocycles. The molecule has 0 saturated carbocycles. The molecule has 0 N–H and O–H groups in total. The molecule has 1 aliphatic heterocycles. The van der Waals surface area contributed by atoms with Crippen LogP contribution >= 0.6 is 0 Å². The van der Waals surface area contributed by atoms with Gasteiger partial charge in [-0.3, -0.25) is 0 Å². The molecular weight excluding hydrogens is 1040 g/mol. The van der Waals surface area contributed by atoms with Crippen LogP contribution in [-0.4, -0.2) is 132 Å². The summed E-state index contributed by atoms with van der Waals surface area (Å²) in [6, 6.07) is 46.8. The first-order valence-corrected chi connectivity index (χ1v) is 27.3. The van der Waals surface area contributed by atoms with Gasteiger partial charge in [0.15, 0.2) is 0 Å². The molecule has 0 atom stereocenters. The molecule has 0 fully saturated rings. The molecule has 0 radical (unpaired) electrons. The first kappa shape index (κ1) is 57.9. The minimum Gasteiger partial charge on any atom is -0.491 e. The highest BCUT2D eigenvalue weighted by atomic mass is 16.6. The van der Waals surface area contributed by atoms with Crippen molar-refractivity contribution in [3.63, 3.8) is 0 Å². The van der Waals surface area contributed by atoms with Crippen molar-refractivity contribution in [1.29, 1.82) is 0 Å². The summed E-state index contributed by atoms with van der Waals surface area (Å²) in [5.74, 6) is 29.1. The molecule has 82 heavy (non-hydrogen) atoms. The summed E-state index contributed by atoms with van der Waals surface area (Å²) in [7, 11) is 0. The Labute approximate surface area is 478 Å². The summed E-state index contributed by atoms with van der Waals surface area (Å²) in [5.41, 5.74) is 0. The van der Waals surface area contributed by atoms with Crippen molar-refractivity contribution in [3.05, 3.63) is 146 Å².